The highest BCUT2D eigenvalue weighted by atomic mass is 16.5. The Labute approximate surface area is 309 Å². The summed E-state index contributed by atoms with van der Waals surface area (Å²) in [5, 5.41) is 8.24. The van der Waals surface area contributed by atoms with Crippen molar-refractivity contribution in [2.75, 3.05) is 93.9 Å². The molecule has 0 saturated heterocycles. The molecule has 6 aromatic carbocycles. The van der Waals surface area contributed by atoms with Crippen molar-refractivity contribution in [3.63, 3.8) is 0 Å². The second-order valence-electron chi connectivity index (χ2n) is 13.7. The zero-order valence-corrected chi connectivity index (χ0v) is 32.2. The first kappa shape index (κ1) is 34.4. The number of fused-ring (bicyclic) bond motifs is 4. The van der Waals surface area contributed by atoms with Crippen molar-refractivity contribution in [1.82, 2.24) is 0 Å². The number of rotatable bonds is 10. The van der Waals surface area contributed by atoms with E-state index in [2.05, 4.69) is 54.2 Å². The standard InChI is InChI=1S/C43H46N2O8/c1-44-16-14-23-18-33(50-7)43(53-10)38-35(23)39(44)27(24-11-12-29(46-3)41(51-8)36(24)38)19-28-25-20-30(47-4)31(48-5)21-26(25)37-34-22(13-15-45(2)40(28)34)17-32(49-6)42(37)52-9/h11-12,17-18,20-21H,13-16,19H2,1-10H3. The van der Waals surface area contributed by atoms with E-state index in [1.54, 1.807) is 56.9 Å². The van der Waals surface area contributed by atoms with Crippen molar-refractivity contribution in [2.24, 2.45) is 0 Å². The average molecular weight is 719 g/mol. The average Bonchev–Trinajstić information content (AvgIpc) is 3.19. The Morgan fingerprint density at radius 2 is 0.868 bits per heavy atom. The summed E-state index contributed by atoms with van der Waals surface area (Å²) in [6.07, 6.45) is 2.32. The van der Waals surface area contributed by atoms with Crippen molar-refractivity contribution in [2.45, 2.75) is 19.3 Å². The smallest absolute Gasteiger partial charge is 0.169 e. The molecule has 10 heteroatoms. The normalized spacial score (nSPS) is 13.5. The number of anilines is 2. The zero-order valence-electron chi connectivity index (χ0n) is 32.2. The summed E-state index contributed by atoms with van der Waals surface area (Å²) in [6.45, 7) is 1.70. The molecule has 2 aliphatic rings. The molecule has 2 heterocycles. The second kappa shape index (κ2) is 13.1. The van der Waals surface area contributed by atoms with Crippen LogP contribution in [0.15, 0.2) is 36.4 Å². The fourth-order valence-corrected chi connectivity index (χ4v) is 9.02. The molecule has 0 bridgehead atoms. The van der Waals surface area contributed by atoms with Crippen molar-refractivity contribution < 1.29 is 37.9 Å². The van der Waals surface area contributed by atoms with Crippen molar-refractivity contribution >= 4 is 54.5 Å². The lowest BCUT2D eigenvalue weighted by Gasteiger charge is -2.35. The summed E-state index contributed by atoms with van der Waals surface area (Å²) in [7, 11) is 17.9. The van der Waals surface area contributed by atoms with Gasteiger partial charge in [-0.25, -0.2) is 0 Å². The van der Waals surface area contributed by atoms with Crippen LogP contribution in [0.2, 0.25) is 0 Å². The molecule has 8 rings (SSSR count). The maximum absolute atomic E-state index is 6.21. The first-order chi connectivity index (χ1) is 25.8. The van der Waals surface area contributed by atoms with Gasteiger partial charge in [0.1, 0.15) is 0 Å². The third-order valence-electron chi connectivity index (χ3n) is 11.3. The summed E-state index contributed by atoms with van der Waals surface area (Å²) in [4.78, 5) is 4.77. The van der Waals surface area contributed by atoms with Gasteiger partial charge in [0, 0.05) is 71.9 Å². The van der Waals surface area contributed by atoms with Gasteiger partial charge < -0.3 is 47.7 Å². The Bertz CT molecular complexity index is 2450. The van der Waals surface area contributed by atoms with Crippen LogP contribution in [0.3, 0.4) is 0 Å². The van der Waals surface area contributed by atoms with Crippen LogP contribution in [0, 0.1) is 0 Å². The number of hydrogen-bond donors (Lipinski definition) is 0. The van der Waals surface area contributed by atoms with Crippen LogP contribution in [0.4, 0.5) is 11.4 Å². The Balaban J connectivity index is 1.60. The molecule has 0 aromatic heterocycles. The number of ether oxygens (including phenoxy) is 8. The highest BCUT2D eigenvalue weighted by Gasteiger charge is 2.33. The monoisotopic (exact) mass is 718 g/mol. The molecule has 0 atom stereocenters. The lowest BCUT2D eigenvalue weighted by molar-refractivity contribution is 0.355. The van der Waals surface area contributed by atoms with E-state index in [1.165, 1.54) is 22.3 Å². The Kier molecular flexibility index (Phi) is 8.51. The minimum atomic E-state index is 0.602. The molecule has 276 valence electrons. The van der Waals surface area contributed by atoms with E-state index in [0.717, 1.165) is 80.4 Å². The highest BCUT2D eigenvalue weighted by molar-refractivity contribution is 6.24. The molecule has 53 heavy (non-hydrogen) atoms. The van der Waals surface area contributed by atoms with E-state index in [1.807, 2.05) is 6.07 Å². The van der Waals surface area contributed by atoms with Gasteiger partial charge in [-0.15, -0.1) is 0 Å². The number of hydrogen-bond acceptors (Lipinski definition) is 10. The van der Waals surface area contributed by atoms with Gasteiger partial charge in [0.25, 0.3) is 0 Å². The predicted octanol–water partition coefficient (Wildman–Crippen LogP) is 7.94. The van der Waals surface area contributed by atoms with Crippen LogP contribution in [-0.4, -0.2) is 84.1 Å². The van der Waals surface area contributed by atoms with Crippen molar-refractivity contribution in [3.05, 3.63) is 58.7 Å². The third-order valence-corrected chi connectivity index (χ3v) is 11.3. The first-order valence-corrected chi connectivity index (χ1v) is 17.8. The van der Waals surface area contributed by atoms with E-state index < -0.39 is 0 Å². The van der Waals surface area contributed by atoms with Crippen LogP contribution in [0.1, 0.15) is 22.3 Å². The predicted molar refractivity (Wildman–Crippen MR) is 212 cm³/mol. The summed E-state index contributed by atoms with van der Waals surface area (Å²) in [5.74, 6) is 5.35. The maximum Gasteiger partial charge on any atom is 0.169 e. The minimum Gasteiger partial charge on any atom is -0.493 e. The summed E-state index contributed by atoms with van der Waals surface area (Å²) >= 11 is 0. The highest BCUT2D eigenvalue weighted by Crippen LogP contribution is 2.56. The lowest BCUT2D eigenvalue weighted by atomic mass is 9.82. The SMILES string of the molecule is COc1cc2c(Cc3c4c5c(cc(OC)c(OC)c5c5c(OC)c(OC)ccc35)CCN4C)c3c4c(cc(OC)c(OC)c4c2cc1OC)CCN3C. The molecule has 0 radical (unpaired) electrons. The number of methoxy groups -OCH3 is 8. The van der Waals surface area contributed by atoms with E-state index in [9.17, 15) is 0 Å². The van der Waals surface area contributed by atoms with Gasteiger partial charge in [-0.2, -0.15) is 0 Å². The molecule has 0 spiro atoms. The Hall–Kier alpha value is -5.64. The number of nitrogens with zero attached hydrogens (tertiary/aromatic N) is 2. The van der Waals surface area contributed by atoms with E-state index in [4.69, 9.17) is 37.9 Å². The Morgan fingerprint density at radius 1 is 0.434 bits per heavy atom. The number of likely N-dealkylation sites (N-methyl/N-ethyl adjacent to an activating group) is 2. The van der Waals surface area contributed by atoms with Crippen LogP contribution in [0.5, 0.6) is 46.0 Å². The van der Waals surface area contributed by atoms with Crippen molar-refractivity contribution in [3.8, 4) is 46.0 Å². The van der Waals surface area contributed by atoms with Gasteiger partial charge in [0.15, 0.2) is 46.0 Å². The van der Waals surface area contributed by atoms with E-state index in [0.29, 0.717) is 52.4 Å². The maximum atomic E-state index is 6.21. The molecule has 0 amide bonds. The van der Waals surface area contributed by atoms with Crippen LogP contribution >= 0.6 is 0 Å². The van der Waals surface area contributed by atoms with Crippen LogP contribution < -0.4 is 47.7 Å². The summed E-state index contributed by atoms with van der Waals surface area (Å²) in [6, 6.07) is 12.6. The Morgan fingerprint density at radius 3 is 1.38 bits per heavy atom. The molecule has 0 unspecified atom stereocenters. The molecule has 0 aliphatic carbocycles. The zero-order chi connectivity index (χ0) is 37.3. The molecule has 6 aromatic rings. The van der Waals surface area contributed by atoms with Gasteiger partial charge in [-0.3, -0.25) is 0 Å². The lowest BCUT2D eigenvalue weighted by Crippen LogP contribution is -2.27. The molecular weight excluding hydrogens is 672 g/mol. The molecule has 10 nitrogen and oxygen atoms in total. The molecule has 0 N–H and O–H groups in total. The third kappa shape index (κ3) is 4.84. The van der Waals surface area contributed by atoms with Crippen LogP contribution in [0.25, 0.3) is 43.1 Å². The van der Waals surface area contributed by atoms with E-state index >= 15 is 0 Å². The second-order valence-corrected chi connectivity index (χ2v) is 13.7. The first-order valence-electron chi connectivity index (χ1n) is 17.8. The topological polar surface area (TPSA) is 80.3 Å². The van der Waals surface area contributed by atoms with E-state index in [-0.39, 0.29) is 0 Å². The quantitative estimate of drug-likeness (QED) is 0.130. The largest absolute Gasteiger partial charge is 0.493 e. The molecule has 0 saturated carbocycles. The molecule has 2 aliphatic heterocycles. The molecule has 0 fully saturated rings. The van der Waals surface area contributed by atoms with Gasteiger partial charge in [-0.1, -0.05) is 6.07 Å². The van der Waals surface area contributed by atoms with Gasteiger partial charge in [-0.05, 0) is 81.6 Å². The summed E-state index contributed by atoms with van der Waals surface area (Å²) in [5.41, 5.74) is 7.10. The van der Waals surface area contributed by atoms with Crippen molar-refractivity contribution in [1.29, 1.82) is 0 Å². The van der Waals surface area contributed by atoms with Gasteiger partial charge >= 0.3 is 0 Å². The fraction of sp³-hybridized carbons (Fsp3) is 0.349. The van der Waals surface area contributed by atoms with Gasteiger partial charge in [0.05, 0.1) is 56.9 Å². The molecular formula is C43H46N2O8. The summed E-state index contributed by atoms with van der Waals surface area (Å²) < 4.78 is 48.2. The van der Waals surface area contributed by atoms with Gasteiger partial charge in [0.2, 0.25) is 0 Å². The van der Waals surface area contributed by atoms with Crippen LogP contribution in [-0.2, 0) is 19.3 Å². The minimum absolute atomic E-state index is 0.602. The number of benzene rings is 6. The fourth-order valence-electron chi connectivity index (χ4n) is 9.02.